The molecule has 1 fully saturated rings. The van der Waals surface area contributed by atoms with Crippen LogP contribution in [0, 0.1) is 13.8 Å². The van der Waals surface area contributed by atoms with Crippen LogP contribution in [0.1, 0.15) is 36.8 Å². The average molecular weight is 568 g/mol. The van der Waals surface area contributed by atoms with Crippen molar-refractivity contribution in [2.24, 2.45) is 0 Å². The minimum Gasteiger partial charge on any atom is -0.484 e. The molecule has 1 aliphatic rings. The predicted octanol–water partition coefficient (Wildman–Crippen LogP) is 4.83. The summed E-state index contributed by atoms with van der Waals surface area (Å²) in [5.41, 5.74) is 1.91. The molecule has 8 heteroatoms. The normalized spacial score (nSPS) is 18.0. The largest absolute Gasteiger partial charge is 0.484 e. The highest BCUT2D eigenvalue weighted by Gasteiger charge is 2.28. The highest BCUT2D eigenvalue weighted by atomic mass is 79.9. The molecule has 32 heavy (non-hydrogen) atoms. The molecule has 6 nitrogen and oxygen atoms in total. The van der Waals surface area contributed by atoms with Crippen LogP contribution < -0.4 is 20.1 Å². The van der Waals surface area contributed by atoms with E-state index in [2.05, 4.69) is 42.5 Å². The summed E-state index contributed by atoms with van der Waals surface area (Å²) < 4.78 is 13.3. The van der Waals surface area contributed by atoms with Crippen molar-refractivity contribution < 1.29 is 19.1 Å². The lowest BCUT2D eigenvalue weighted by Crippen LogP contribution is -2.54. The smallest absolute Gasteiger partial charge is 0.258 e. The Balaban J connectivity index is 1.48. The van der Waals surface area contributed by atoms with Crippen LogP contribution in [0.4, 0.5) is 0 Å². The standard InChI is InChI=1S/C24H28Br2N2O4/c1-15-11-17(25)7-9-21(15)31-13-23(29)27-19-5-3-4-6-20(19)28-24(30)14-32-22-10-8-18(26)12-16(22)2/h7-12,19-20H,3-6,13-14H2,1-2H3,(H,27,29)(H,28,30)/t19-,20-/m0/s1. The van der Waals surface area contributed by atoms with Gasteiger partial charge in [0.05, 0.1) is 0 Å². The van der Waals surface area contributed by atoms with Gasteiger partial charge in [-0.2, -0.15) is 0 Å². The molecule has 3 rings (SSSR count). The molecule has 0 saturated heterocycles. The fourth-order valence-electron chi connectivity index (χ4n) is 3.81. The van der Waals surface area contributed by atoms with Gasteiger partial charge in [-0.1, -0.05) is 44.7 Å². The fraction of sp³-hybridized carbons (Fsp3) is 0.417. The molecule has 2 aromatic rings. The Bertz CT molecular complexity index is 890. The number of benzene rings is 2. The van der Waals surface area contributed by atoms with Crippen molar-refractivity contribution in [3.05, 3.63) is 56.5 Å². The van der Waals surface area contributed by atoms with E-state index < -0.39 is 0 Å². The SMILES string of the molecule is Cc1cc(Br)ccc1OCC(=O)N[C@H]1CCCC[C@@H]1NC(=O)COc1ccc(Br)cc1C. The Kier molecular flexibility index (Phi) is 8.99. The maximum absolute atomic E-state index is 12.5. The first-order valence-corrected chi connectivity index (χ1v) is 12.3. The van der Waals surface area contributed by atoms with Crippen LogP contribution >= 0.6 is 31.9 Å². The molecule has 0 aromatic heterocycles. The quantitative estimate of drug-likeness (QED) is 0.479. The third-order valence-electron chi connectivity index (χ3n) is 5.45. The summed E-state index contributed by atoms with van der Waals surface area (Å²) in [7, 11) is 0. The van der Waals surface area contributed by atoms with E-state index in [4.69, 9.17) is 9.47 Å². The predicted molar refractivity (Wildman–Crippen MR) is 131 cm³/mol. The lowest BCUT2D eigenvalue weighted by Gasteiger charge is -2.32. The lowest BCUT2D eigenvalue weighted by atomic mass is 9.90. The third kappa shape index (κ3) is 7.24. The molecule has 0 radical (unpaired) electrons. The number of hydrogen-bond acceptors (Lipinski definition) is 4. The topological polar surface area (TPSA) is 76.7 Å². The van der Waals surface area contributed by atoms with Gasteiger partial charge < -0.3 is 20.1 Å². The van der Waals surface area contributed by atoms with Crippen LogP contribution in [0.25, 0.3) is 0 Å². The van der Waals surface area contributed by atoms with Crippen molar-refractivity contribution in [2.45, 2.75) is 51.6 Å². The molecule has 2 amide bonds. The molecule has 1 aliphatic carbocycles. The van der Waals surface area contributed by atoms with Crippen LogP contribution in [0.2, 0.25) is 0 Å². The molecule has 0 bridgehead atoms. The molecule has 2 N–H and O–H groups in total. The summed E-state index contributed by atoms with van der Waals surface area (Å²) in [5, 5.41) is 6.06. The summed E-state index contributed by atoms with van der Waals surface area (Å²) in [6, 6.07) is 11.1. The van der Waals surface area contributed by atoms with Crippen molar-refractivity contribution >= 4 is 43.7 Å². The van der Waals surface area contributed by atoms with E-state index >= 15 is 0 Å². The average Bonchev–Trinajstić information content (AvgIpc) is 2.74. The Hall–Kier alpha value is -2.06. The van der Waals surface area contributed by atoms with Gasteiger partial charge in [0.1, 0.15) is 11.5 Å². The van der Waals surface area contributed by atoms with Crippen LogP contribution in [0.3, 0.4) is 0 Å². The van der Waals surface area contributed by atoms with Gasteiger partial charge in [-0.25, -0.2) is 0 Å². The molecular weight excluding hydrogens is 540 g/mol. The molecule has 2 aromatic carbocycles. The van der Waals surface area contributed by atoms with Crippen LogP contribution in [0.15, 0.2) is 45.3 Å². The van der Waals surface area contributed by atoms with Gasteiger partial charge in [-0.05, 0) is 74.2 Å². The Morgan fingerprint density at radius 2 is 1.22 bits per heavy atom. The summed E-state index contributed by atoms with van der Waals surface area (Å²) >= 11 is 6.84. The van der Waals surface area contributed by atoms with Crippen molar-refractivity contribution in [2.75, 3.05) is 13.2 Å². The molecular formula is C24H28Br2N2O4. The van der Waals surface area contributed by atoms with Gasteiger partial charge in [-0.3, -0.25) is 9.59 Å². The zero-order chi connectivity index (χ0) is 23.1. The Labute approximate surface area is 205 Å². The summed E-state index contributed by atoms with van der Waals surface area (Å²) in [6.07, 6.45) is 3.67. The van der Waals surface area contributed by atoms with E-state index in [0.717, 1.165) is 45.8 Å². The highest BCUT2D eigenvalue weighted by Crippen LogP contribution is 2.23. The van der Waals surface area contributed by atoms with Crippen molar-refractivity contribution in [1.29, 1.82) is 0 Å². The van der Waals surface area contributed by atoms with E-state index in [1.807, 2.05) is 50.2 Å². The molecule has 1 saturated carbocycles. The zero-order valence-electron chi connectivity index (χ0n) is 18.3. The molecule has 0 unspecified atom stereocenters. The van der Waals surface area contributed by atoms with Crippen molar-refractivity contribution in [1.82, 2.24) is 10.6 Å². The summed E-state index contributed by atoms with van der Waals surface area (Å²) in [4.78, 5) is 25.0. The summed E-state index contributed by atoms with van der Waals surface area (Å²) in [6.45, 7) is 3.74. The minimum atomic E-state index is -0.194. The second-order valence-corrected chi connectivity index (χ2v) is 9.86. The van der Waals surface area contributed by atoms with E-state index in [-0.39, 0.29) is 37.1 Å². The van der Waals surface area contributed by atoms with E-state index in [0.29, 0.717) is 11.5 Å². The first kappa shape index (κ1) is 24.6. The van der Waals surface area contributed by atoms with Gasteiger partial charge in [-0.15, -0.1) is 0 Å². The Morgan fingerprint density at radius 1 is 0.812 bits per heavy atom. The van der Waals surface area contributed by atoms with Crippen LogP contribution in [-0.2, 0) is 9.59 Å². The third-order valence-corrected chi connectivity index (χ3v) is 6.44. The first-order valence-electron chi connectivity index (χ1n) is 10.7. The van der Waals surface area contributed by atoms with Crippen molar-refractivity contribution in [3.63, 3.8) is 0 Å². The minimum absolute atomic E-state index is 0.0639. The molecule has 2 atom stereocenters. The maximum Gasteiger partial charge on any atom is 0.258 e. The summed E-state index contributed by atoms with van der Waals surface area (Å²) in [5.74, 6) is 0.967. The number of carbonyl (C=O) groups excluding carboxylic acids is 2. The number of carbonyl (C=O) groups is 2. The number of aryl methyl sites for hydroxylation is 2. The van der Waals surface area contributed by atoms with Crippen molar-refractivity contribution in [3.8, 4) is 11.5 Å². The second kappa shape index (κ2) is 11.7. The van der Waals surface area contributed by atoms with E-state index in [1.165, 1.54) is 0 Å². The van der Waals surface area contributed by atoms with Crippen LogP contribution in [0.5, 0.6) is 11.5 Å². The molecule has 0 aliphatic heterocycles. The fourth-order valence-corrected chi connectivity index (χ4v) is 4.76. The number of ether oxygens (including phenoxy) is 2. The lowest BCUT2D eigenvalue weighted by molar-refractivity contribution is -0.127. The molecule has 172 valence electrons. The number of nitrogens with one attached hydrogen (secondary N) is 2. The maximum atomic E-state index is 12.5. The first-order chi connectivity index (χ1) is 15.3. The number of hydrogen-bond donors (Lipinski definition) is 2. The number of halogens is 2. The zero-order valence-corrected chi connectivity index (χ0v) is 21.4. The van der Waals surface area contributed by atoms with Gasteiger partial charge in [0.15, 0.2) is 13.2 Å². The second-order valence-electron chi connectivity index (χ2n) is 8.03. The van der Waals surface area contributed by atoms with Gasteiger partial charge in [0.25, 0.3) is 11.8 Å². The van der Waals surface area contributed by atoms with E-state index in [9.17, 15) is 9.59 Å². The number of amides is 2. The van der Waals surface area contributed by atoms with Crippen LogP contribution in [-0.4, -0.2) is 37.1 Å². The Morgan fingerprint density at radius 3 is 1.59 bits per heavy atom. The highest BCUT2D eigenvalue weighted by molar-refractivity contribution is 9.10. The van der Waals surface area contributed by atoms with Gasteiger partial charge in [0, 0.05) is 21.0 Å². The molecule has 0 spiro atoms. The van der Waals surface area contributed by atoms with E-state index in [1.54, 1.807) is 0 Å². The van der Waals surface area contributed by atoms with Gasteiger partial charge in [0.2, 0.25) is 0 Å². The van der Waals surface area contributed by atoms with Gasteiger partial charge >= 0.3 is 0 Å². The monoisotopic (exact) mass is 566 g/mol. The molecule has 0 heterocycles. The number of rotatable bonds is 8.